The van der Waals surface area contributed by atoms with E-state index in [-0.39, 0.29) is 0 Å². The van der Waals surface area contributed by atoms with E-state index >= 15 is 0 Å². The number of benzene rings is 2. The van der Waals surface area contributed by atoms with E-state index in [4.69, 9.17) is 5.26 Å². The molecule has 0 aliphatic rings. The summed E-state index contributed by atoms with van der Waals surface area (Å²) in [6, 6.07) is 19.4. The molecular formula is C23H20N6. The minimum absolute atomic E-state index is 0.485. The first-order chi connectivity index (χ1) is 14.1. The van der Waals surface area contributed by atoms with Gasteiger partial charge in [-0.2, -0.15) is 10.2 Å². The molecule has 2 heterocycles. The Morgan fingerprint density at radius 2 is 1.62 bits per heavy atom. The third kappa shape index (κ3) is 4.09. The predicted molar refractivity (Wildman–Crippen MR) is 115 cm³/mol. The minimum Gasteiger partial charge on any atom is -0.340 e. The quantitative estimate of drug-likeness (QED) is 0.495. The van der Waals surface area contributed by atoms with Crippen molar-refractivity contribution in [3.63, 3.8) is 0 Å². The molecule has 0 aliphatic carbocycles. The predicted octanol–water partition coefficient (Wildman–Crippen LogP) is 5.24. The van der Waals surface area contributed by atoms with Gasteiger partial charge in [-0.1, -0.05) is 0 Å². The molecule has 4 aromatic rings. The van der Waals surface area contributed by atoms with Gasteiger partial charge in [-0.25, -0.2) is 4.98 Å². The molecule has 6 nitrogen and oxygen atoms in total. The topological polar surface area (TPSA) is 78.6 Å². The second-order valence-electron chi connectivity index (χ2n) is 6.75. The summed E-state index contributed by atoms with van der Waals surface area (Å²) >= 11 is 0. The van der Waals surface area contributed by atoms with Gasteiger partial charge in [0.15, 0.2) is 0 Å². The molecule has 4 rings (SSSR count). The number of nitrogens with one attached hydrogen (secondary N) is 2. The Balaban J connectivity index is 1.55. The maximum absolute atomic E-state index is 8.91. The molecule has 0 bridgehead atoms. The molecule has 0 saturated heterocycles. The largest absolute Gasteiger partial charge is 0.340 e. The van der Waals surface area contributed by atoms with Crippen LogP contribution in [0.1, 0.15) is 16.7 Å². The number of nitriles is 1. The van der Waals surface area contributed by atoms with E-state index in [0.717, 1.165) is 28.2 Å². The smallest absolute Gasteiger partial charge is 0.229 e. The molecule has 2 N–H and O–H groups in total. The Kier molecular flexibility index (Phi) is 4.95. The van der Waals surface area contributed by atoms with Gasteiger partial charge in [-0.15, -0.1) is 0 Å². The highest BCUT2D eigenvalue weighted by atomic mass is 15.1. The normalized spacial score (nSPS) is 10.4. The molecule has 2 aromatic carbocycles. The fourth-order valence-corrected chi connectivity index (χ4v) is 3.17. The standard InChI is InChI=1S/C23H20N6/c1-16-13-20(29-11-3-4-12-29)14-17(2)22(16)27-21-9-10-25-23(28-21)26-19-7-5-18(15-24)6-8-19/h3-14H,1-2H3,(H2,25,26,27,28). The van der Waals surface area contributed by atoms with Crippen molar-refractivity contribution < 1.29 is 0 Å². The average Bonchev–Trinajstić information content (AvgIpc) is 3.26. The van der Waals surface area contributed by atoms with Crippen LogP contribution in [0.15, 0.2) is 73.2 Å². The van der Waals surface area contributed by atoms with Crippen LogP contribution >= 0.6 is 0 Å². The van der Waals surface area contributed by atoms with Crippen LogP contribution in [-0.4, -0.2) is 14.5 Å². The van der Waals surface area contributed by atoms with Crippen LogP contribution < -0.4 is 10.6 Å². The van der Waals surface area contributed by atoms with Crippen LogP contribution in [0.2, 0.25) is 0 Å². The Morgan fingerprint density at radius 3 is 2.28 bits per heavy atom. The second kappa shape index (κ2) is 7.87. The highest BCUT2D eigenvalue weighted by Crippen LogP contribution is 2.27. The lowest BCUT2D eigenvalue weighted by Gasteiger charge is -2.15. The van der Waals surface area contributed by atoms with Gasteiger partial charge in [0.25, 0.3) is 0 Å². The monoisotopic (exact) mass is 380 g/mol. The van der Waals surface area contributed by atoms with Gasteiger partial charge in [0, 0.05) is 35.7 Å². The fourth-order valence-electron chi connectivity index (χ4n) is 3.17. The summed E-state index contributed by atoms with van der Waals surface area (Å²) in [5.74, 6) is 1.19. The molecule has 2 aromatic heterocycles. The van der Waals surface area contributed by atoms with Gasteiger partial charge in [0.1, 0.15) is 5.82 Å². The number of aryl methyl sites for hydroxylation is 2. The van der Waals surface area contributed by atoms with Crippen molar-refractivity contribution in [3.05, 3.63) is 89.9 Å². The van der Waals surface area contributed by atoms with Crippen LogP contribution in [0.25, 0.3) is 5.69 Å². The van der Waals surface area contributed by atoms with Gasteiger partial charge in [-0.3, -0.25) is 0 Å². The molecule has 0 aliphatic heterocycles. The van der Waals surface area contributed by atoms with Crippen molar-refractivity contribution >= 4 is 23.1 Å². The molecule has 0 unspecified atom stereocenters. The molecule has 0 spiro atoms. The van der Waals surface area contributed by atoms with Crippen LogP contribution in [-0.2, 0) is 0 Å². The summed E-state index contributed by atoms with van der Waals surface area (Å²) < 4.78 is 2.09. The van der Waals surface area contributed by atoms with Crippen molar-refractivity contribution in [1.29, 1.82) is 5.26 Å². The summed E-state index contributed by atoms with van der Waals surface area (Å²) in [5.41, 5.74) is 5.86. The van der Waals surface area contributed by atoms with Crippen molar-refractivity contribution in [3.8, 4) is 11.8 Å². The summed E-state index contributed by atoms with van der Waals surface area (Å²) in [5, 5.41) is 15.5. The zero-order chi connectivity index (χ0) is 20.2. The van der Waals surface area contributed by atoms with Gasteiger partial charge >= 0.3 is 0 Å². The molecule has 0 fully saturated rings. The SMILES string of the molecule is Cc1cc(-n2cccc2)cc(C)c1Nc1ccnc(Nc2ccc(C#N)cc2)n1. The van der Waals surface area contributed by atoms with Crippen molar-refractivity contribution in [2.24, 2.45) is 0 Å². The number of hydrogen-bond acceptors (Lipinski definition) is 5. The maximum Gasteiger partial charge on any atom is 0.229 e. The summed E-state index contributed by atoms with van der Waals surface area (Å²) in [4.78, 5) is 8.84. The Labute approximate surface area is 169 Å². The number of nitrogens with zero attached hydrogens (tertiary/aromatic N) is 4. The third-order valence-corrected chi connectivity index (χ3v) is 4.60. The molecule has 0 atom stereocenters. The molecule has 0 radical (unpaired) electrons. The first-order valence-corrected chi connectivity index (χ1v) is 9.24. The Hall–Kier alpha value is -4.11. The second-order valence-corrected chi connectivity index (χ2v) is 6.75. The fraction of sp³-hybridized carbons (Fsp3) is 0.0870. The van der Waals surface area contributed by atoms with Crippen molar-refractivity contribution in [1.82, 2.24) is 14.5 Å². The van der Waals surface area contributed by atoms with E-state index in [0.29, 0.717) is 17.3 Å². The molecule has 29 heavy (non-hydrogen) atoms. The third-order valence-electron chi connectivity index (χ3n) is 4.60. The first kappa shape index (κ1) is 18.3. The lowest BCUT2D eigenvalue weighted by molar-refractivity contribution is 1.07. The van der Waals surface area contributed by atoms with Crippen molar-refractivity contribution in [2.75, 3.05) is 10.6 Å². The summed E-state index contributed by atoms with van der Waals surface area (Å²) in [6.07, 6.45) is 5.78. The molecule has 0 saturated carbocycles. The highest BCUT2D eigenvalue weighted by molar-refractivity contribution is 5.68. The molecule has 6 heteroatoms. The number of rotatable bonds is 5. The van der Waals surface area contributed by atoms with Crippen LogP contribution in [0.5, 0.6) is 0 Å². The van der Waals surface area contributed by atoms with E-state index in [2.05, 4.69) is 57.2 Å². The average molecular weight is 380 g/mol. The van der Waals surface area contributed by atoms with E-state index in [9.17, 15) is 0 Å². The zero-order valence-electron chi connectivity index (χ0n) is 16.2. The highest BCUT2D eigenvalue weighted by Gasteiger charge is 2.08. The number of hydrogen-bond donors (Lipinski definition) is 2. The minimum atomic E-state index is 0.485. The molecule has 142 valence electrons. The Morgan fingerprint density at radius 1 is 0.931 bits per heavy atom. The lowest BCUT2D eigenvalue weighted by atomic mass is 10.1. The van der Waals surface area contributed by atoms with E-state index in [1.807, 2.05) is 42.7 Å². The van der Waals surface area contributed by atoms with E-state index < -0.39 is 0 Å². The molecular weight excluding hydrogens is 360 g/mol. The van der Waals surface area contributed by atoms with Gasteiger partial charge in [-0.05, 0) is 79.6 Å². The van der Waals surface area contributed by atoms with Gasteiger partial charge in [0.05, 0.1) is 11.6 Å². The summed E-state index contributed by atoms with van der Waals surface area (Å²) in [7, 11) is 0. The number of anilines is 4. The van der Waals surface area contributed by atoms with E-state index in [1.165, 1.54) is 0 Å². The zero-order valence-corrected chi connectivity index (χ0v) is 16.2. The maximum atomic E-state index is 8.91. The lowest BCUT2D eigenvalue weighted by Crippen LogP contribution is -2.03. The van der Waals surface area contributed by atoms with Gasteiger partial charge < -0.3 is 15.2 Å². The summed E-state index contributed by atoms with van der Waals surface area (Å²) in [6.45, 7) is 4.17. The van der Waals surface area contributed by atoms with Crippen LogP contribution in [0, 0.1) is 25.2 Å². The Bertz CT molecular complexity index is 1150. The molecule has 0 amide bonds. The van der Waals surface area contributed by atoms with Crippen molar-refractivity contribution in [2.45, 2.75) is 13.8 Å². The van der Waals surface area contributed by atoms with Gasteiger partial charge in [0.2, 0.25) is 5.95 Å². The first-order valence-electron chi connectivity index (χ1n) is 9.24. The van der Waals surface area contributed by atoms with Crippen LogP contribution in [0.4, 0.5) is 23.1 Å². The number of aromatic nitrogens is 3. The van der Waals surface area contributed by atoms with Crippen LogP contribution in [0.3, 0.4) is 0 Å². The van der Waals surface area contributed by atoms with E-state index in [1.54, 1.807) is 18.3 Å².